The average Bonchev–Trinajstić information content (AvgIpc) is 2.61. The minimum absolute atomic E-state index is 0. The number of halogens is 1. The molecule has 0 amide bonds. The van der Waals surface area contributed by atoms with Crippen LogP contribution in [0.25, 0.3) is 10.6 Å². The predicted molar refractivity (Wildman–Crippen MR) is 63.5 cm³/mol. The summed E-state index contributed by atoms with van der Waals surface area (Å²) in [5, 5.41) is 0.906. The molecule has 0 aliphatic carbocycles. The largest absolute Gasteiger partial charge is 1.00 e. The highest BCUT2D eigenvalue weighted by Crippen LogP contribution is 2.27. The molecule has 0 fully saturated rings. The lowest BCUT2D eigenvalue weighted by atomic mass is 10.3. The molecule has 0 aromatic carbocycles. The first kappa shape index (κ1) is 14.2. The molecule has 0 unspecified atom stereocenters. The average molecular weight is 360 g/mol. The number of rotatable bonds is 2. The highest BCUT2D eigenvalue weighted by Gasteiger charge is 2.13. The molecular formula is C12H13IN2OS. The van der Waals surface area contributed by atoms with Gasteiger partial charge in [0.1, 0.15) is 12.1 Å². The van der Waals surface area contributed by atoms with Crippen LogP contribution in [0.1, 0.15) is 22.3 Å². The van der Waals surface area contributed by atoms with Gasteiger partial charge in [0, 0.05) is 24.6 Å². The van der Waals surface area contributed by atoms with Crippen LogP contribution >= 0.6 is 11.3 Å². The first-order chi connectivity index (χ1) is 7.58. The molecule has 2 rings (SSSR count). The van der Waals surface area contributed by atoms with Crippen LogP contribution in [0.3, 0.4) is 0 Å². The third-order valence-electron chi connectivity index (χ3n) is 2.34. The van der Waals surface area contributed by atoms with E-state index in [-0.39, 0.29) is 29.8 Å². The van der Waals surface area contributed by atoms with Gasteiger partial charge in [0.2, 0.25) is 0 Å². The number of carbonyl (C=O) groups is 1. The zero-order valence-electron chi connectivity index (χ0n) is 9.90. The van der Waals surface area contributed by atoms with Gasteiger partial charge in [-0.05, 0) is 6.92 Å². The highest BCUT2D eigenvalue weighted by molar-refractivity contribution is 7.17. The SMILES string of the molecule is CC(=O)c1sc(-c2cc[n+](C)cc2)nc1C.[I-]. The Morgan fingerprint density at radius 1 is 1.35 bits per heavy atom. The number of carbonyl (C=O) groups excluding carboxylic acids is 1. The summed E-state index contributed by atoms with van der Waals surface area (Å²) < 4.78 is 1.97. The molecule has 3 nitrogen and oxygen atoms in total. The van der Waals surface area contributed by atoms with Crippen LogP contribution in [0, 0.1) is 6.92 Å². The van der Waals surface area contributed by atoms with E-state index in [0.717, 1.165) is 21.1 Å². The van der Waals surface area contributed by atoms with E-state index in [1.165, 1.54) is 11.3 Å². The fraction of sp³-hybridized carbons (Fsp3) is 0.250. The Kier molecular flexibility index (Phi) is 4.76. The van der Waals surface area contributed by atoms with E-state index in [1.807, 2.05) is 43.1 Å². The standard InChI is InChI=1S/C12H13N2OS.HI/c1-8-11(9(2)15)16-12(13-8)10-4-6-14(3)7-5-10;/h4-7H,1-3H3;1H/q+1;/p-1. The minimum atomic E-state index is 0. The van der Waals surface area contributed by atoms with Crippen molar-refractivity contribution < 1.29 is 33.3 Å². The molecule has 0 atom stereocenters. The van der Waals surface area contributed by atoms with E-state index in [0.29, 0.717) is 0 Å². The Labute approximate surface area is 122 Å². The van der Waals surface area contributed by atoms with Crippen molar-refractivity contribution in [2.45, 2.75) is 13.8 Å². The third kappa shape index (κ3) is 3.10. The summed E-state index contributed by atoms with van der Waals surface area (Å²) in [5.41, 5.74) is 1.87. The molecule has 0 aliphatic rings. The van der Waals surface area contributed by atoms with Gasteiger partial charge in [-0.3, -0.25) is 4.79 Å². The molecule has 0 saturated carbocycles. The van der Waals surface area contributed by atoms with Gasteiger partial charge < -0.3 is 24.0 Å². The normalized spacial score (nSPS) is 9.82. The Morgan fingerprint density at radius 2 is 1.94 bits per heavy atom. The third-order valence-corrected chi connectivity index (χ3v) is 3.65. The summed E-state index contributed by atoms with van der Waals surface area (Å²) in [4.78, 5) is 16.5. The quantitative estimate of drug-likeness (QED) is 0.397. The van der Waals surface area contributed by atoms with E-state index in [2.05, 4.69) is 4.98 Å². The van der Waals surface area contributed by atoms with Gasteiger partial charge >= 0.3 is 0 Å². The van der Waals surface area contributed by atoms with E-state index >= 15 is 0 Å². The monoisotopic (exact) mass is 360 g/mol. The van der Waals surface area contributed by atoms with Crippen LogP contribution < -0.4 is 28.5 Å². The van der Waals surface area contributed by atoms with Crippen molar-refractivity contribution >= 4 is 17.1 Å². The van der Waals surface area contributed by atoms with Crippen molar-refractivity contribution in [1.29, 1.82) is 0 Å². The fourth-order valence-electron chi connectivity index (χ4n) is 1.49. The number of Topliss-reactive ketones (excluding diaryl/α,β-unsaturated/α-hetero) is 1. The minimum Gasteiger partial charge on any atom is -1.00 e. The van der Waals surface area contributed by atoms with E-state index in [4.69, 9.17) is 0 Å². The molecule has 2 aromatic heterocycles. The van der Waals surface area contributed by atoms with E-state index in [9.17, 15) is 4.79 Å². The number of aromatic nitrogens is 2. The van der Waals surface area contributed by atoms with Gasteiger partial charge in [0.25, 0.3) is 0 Å². The van der Waals surface area contributed by atoms with Gasteiger partial charge in [-0.2, -0.15) is 0 Å². The second kappa shape index (κ2) is 5.68. The van der Waals surface area contributed by atoms with Crippen LogP contribution in [-0.4, -0.2) is 10.8 Å². The Bertz CT molecular complexity index is 534. The topological polar surface area (TPSA) is 33.8 Å². The maximum absolute atomic E-state index is 11.3. The van der Waals surface area contributed by atoms with Gasteiger partial charge in [0.15, 0.2) is 18.2 Å². The summed E-state index contributed by atoms with van der Waals surface area (Å²) in [7, 11) is 1.97. The van der Waals surface area contributed by atoms with Crippen LogP contribution in [-0.2, 0) is 7.05 Å². The van der Waals surface area contributed by atoms with Crippen LogP contribution in [0.4, 0.5) is 0 Å². The van der Waals surface area contributed by atoms with Gasteiger partial charge in [-0.15, -0.1) is 11.3 Å². The zero-order chi connectivity index (χ0) is 11.7. The number of thiazole rings is 1. The summed E-state index contributed by atoms with van der Waals surface area (Å²) in [6, 6.07) is 4.00. The maximum atomic E-state index is 11.3. The predicted octanol–water partition coefficient (Wildman–Crippen LogP) is -0.850. The molecule has 0 bridgehead atoms. The maximum Gasteiger partial charge on any atom is 0.171 e. The zero-order valence-corrected chi connectivity index (χ0v) is 12.9. The molecule has 0 aliphatic heterocycles. The van der Waals surface area contributed by atoms with Gasteiger partial charge in [-0.25, -0.2) is 9.55 Å². The molecule has 0 radical (unpaired) electrons. The lowest BCUT2D eigenvalue weighted by Gasteiger charge is -1.92. The summed E-state index contributed by atoms with van der Waals surface area (Å²) in [6.45, 7) is 3.45. The van der Waals surface area contributed by atoms with Crippen molar-refractivity contribution in [3.05, 3.63) is 35.1 Å². The number of ketones is 1. The number of nitrogens with zero attached hydrogens (tertiary/aromatic N) is 2. The van der Waals surface area contributed by atoms with Crippen molar-refractivity contribution in [2.24, 2.45) is 7.05 Å². The van der Waals surface area contributed by atoms with Crippen molar-refractivity contribution in [3.8, 4) is 10.6 Å². The Hall–Kier alpha value is -0.820. The molecule has 5 heteroatoms. The molecule has 2 aromatic rings. The molecule has 17 heavy (non-hydrogen) atoms. The molecule has 0 saturated heterocycles. The second-order valence-electron chi connectivity index (χ2n) is 3.74. The van der Waals surface area contributed by atoms with Crippen molar-refractivity contribution in [2.75, 3.05) is 0 Å². The van der Waals surface area contributed by atoms with Crippen LogP contribution in [0.5, 0.6) is 0 Å². The first-order valence-electron chi connectivity index (χ1n) is 5.02. The Balaban J connectivity index is 0.00000144. The highest BCUT2D eigenvalue weighted by atomic mass is 127. The molecule has 0 N–H and O–H groups in total. The number of hydrogen-bond acceptors (Lipinski definition) is 3. The number of aryl methyl sites for hydroxylation is 2. The lowest BCUT2D eigenvalue weighted by molar-refractivity contribution is -0.671. The smallest absolute Gasteiger partial charge is 0.171 e. The molecule has 0 spiro atoms. The van der Waals surface area contributed by atoms with Crippen molar-refractivity contribution in [3.63, 3.8) is 0 Å². The van der Waals surface area contributed by atoms with Gasteiger partial charge in [0.05, 0.1) is 10.6 Å². The summed E-state index contributed by atoms with van der Waals surface area (Å²) in [5.74, 6) is 0.0859. The van der Waals surface area contributed by atoms with Gasteiger partial charge in [-0.1, -0.05) is 0 Å². The Morgan fingerprint density at radius 3 is 2.41 bits per heavy atom. The second-order valence-corrected chi connectivity index (χ2v) is 4.74. The van der Waals surface area contributed by atoms with Crippen LogP contribution in [0.2, 0.25) is 0 Å². The first-order valence-corrected chi connectivity index (χ1v) is 5.83. The van der Waals surface area contributed by atoms with Crippen molar-refractivity contribution in [1.82, 2.24) is 4.98 Å². The van der Waals surface area contributed by atoms with Crippen LogP contribution in [0.15, 0.2) is 24.5 Å². The summed E-state index contributed by atoms with van der Waals surface area (Å²) in [6.07, 6.45) is 3.94. The molecule has 90 valence electrons. The summed E-state index contributed by atoms with van der Waals surface area (Å²) >= 11 is 1.46. The lowest BCUT2D eigenvalue weighted by Crippen LogP contribution is -3.00. The number of hydrogen-bond donors (Lipinski definition) is 0. The van der Waals surface area contributed by atoms with E-state index in [1.54, 1.807) is 6.92 Å². The van der Waals surface area contributed by atoms with E-state index < -0.39 is 0 Å². The number of pyridine rings is 1. The fourth-order valence-corrected chi connectivity index (χ4v) is 2.46. The molecule has 2 heterocycles. The molecular weight excluding hydrogens is 347 g/mol.